The van der Waals surface area contributed by atoms with Gasteiger partial charge in [0, 0.05) is 22.7 Å². The van der Waals surface area contributed by atoms with Crippen molar-refractivity contribution < 1.29 is 23.8 Å². The molecule has 1 aliphatic carbocycles. The van der Waals surface area contributed by atoms with Crippen LogP contribution in [-0.2, 0) is 4.79 Å². The third kappa shape index (κ3) is 4.03. The standard InChI is InChI=1S/C19H15ClFNO4/c1-10(19(24)25)26-17-7-3-12(20)9-15(17)11-2-6-14(16(21)8-11)18(23)22-13-4-5-13/h2-4,6-10H,5H2,1H3,(H,22,23)(H,24,25). The molecule has 0 heterocycles. The van der Waals surface area contributed by atoms with Gasteiger partial charge in [-0.15, -0.1) is 0 Å². The minimum atomic E-state index is -1.13. The fourth-order valence-corrected chi connectivity index (χ4v) is 2.48. The Bertz CT molecular complexity index is 926. The number of hydrogen-bond donors (Lipinski definition) is 2. The van der Waals surface area contributed by atoms with Gasteiger partial charge in [-0.1, -0.05) is 23.7 Å². The van der Waals surface area contributed by atoms with Crippen LogP contribution < -0.4 is 10.1 Å². The lowest BCUT2D eigenvalue weighted by Crippen LogP contribution is -2.23. The zero-order chi connectivity index (χ0) is 18.8. The molecular formula is C19H15ClFNO4. The number of amides is 1. The van der Waals surface area contributed by atoms with Crippen LogP contribution in [0.25, 0.3) is 11.1 Å². The Kier molecular flexibility index (Phi) is 4.95. The van der Waals surface area contributed by atoms with Crippen molar-refractivity contribution in [1.29, 1.82) is 0 Å². The van der Waals surface area contributed by atoms with Crippen molar-refractivity contribution in [3.63, 3.8) is 0 Å². The molecule has 2 N–H and O–H groups in total. The number of nitrogens with one attached hydrogen (secondary N) is 1. The van der Waals surface area contributed by atoms with E-state index < -0.39 is 23.8 Å². The first-order chi connectivity index (χ1) is 12.3. The molecule has 0 aliphatic heterocycles. The quantitative estimate of drug-likeness (QED) is 0.799. The number of aliphatic carboxylic acids is 1. The zero-order valence-electron chi connectivity index (χ0n) is 13.8. The van der Waals surface area contributed by atoms with E-state index in [9.17, 15) is 14.0 Å². The molecule has 7 heteroatoms. The maximum absolute atomic E-state index is 14.4. The number of benzene rings is 2. The van der Waals surface area contributed by atoms with Crippen molar-refractivity contribution in [2.24, 2.45) is 0 Å². The van der Waals surface area contributed by atoms with Gasteiger partial charge in [0.2, 0.25) is 0 Å². The summed E-state index contributed by atoms with van der Waals surface area (Å²) in [5, 5.41) is 12.0. The van der Waals surface area contributed by atoms with Crippen LogP contribution in [0.3, 0.4) is 0 Å². The van der Waals surface area contributed by atoms with Gasteiger partial charge in [0.1, 0.15) is 11.6 Å². The van der Waals surface area contributed by atoms with E-state index in [-0.39, 0.29) is 11.3 Å². The molecule has 1 aliphatic rings. The number of carbonyl (C=O) groups excluding carboxylic acids is 1. The van der Waals surface area contributed by atoms with E-state index in [0.717, 1.165) is 5.70 Å². The molecule has 0 saturated carbocycles. The molecule has 2 aromatic carbocycles. The Balaban J connectivity index is 1.94. The smallest absolute Gasteiger partial charge is 0.344 e. The first-order valence-electron chi connectivity index (χ1n) is 7.84. The lowest BCUT2D eigenvalue weighted by molar-refractivity contribution is -0.144. The number of carboxylic acids is 1. The van der Waals surface area contributed by atoms with Gasteiger partial charge in [-0.25, -0.2) is 9.18 Å². The topological polar surface area (TPSA) is 75.6 Å². The van der Waals surface area contributed by atoms with E-state index in [1.807, 2.05) is 6.08 Å². The van der Waals surface area contributed by atoms with Crippen LogP contribution in [-0.4, -0.2) is 23.1 Å². The fourth-order valence-electron chi connectivity index (χ4n) is 2.30. The molecule has 0 bridgehead atoms. The second kappa shape index (κ2) is 7.17. The summed E-state index contributed by atoms with van der Waals surface area (Å²) in [6.45, 7) is 1.39. The van der Waals surface area contributed by atoms with E-state index in [4.69, 9.17) is 21.4 Å². The molecule has 0 aromatic heterocycles. The highest BCUT2D eigenvalue weighted by molar-refractivity contribution is 6.31. The maximum atomic E-state index is 14.4. The van der Waals surface area contributed by atoms with Crippen LogP contribution >= 0.6 is 11.6 Å². The second-order valence-corrected chi connectivity index (χ2v) is 6.26. The van der Waals surface area contributed by atoms with Crippen LogP contribution in [0.1, 0.15) is 23.7 Å². The lowest BCUT2D eigenvalue weighted by atomic mass is 10.0. The van der Waals surface area contributed by atoms with Crippen molar-refractivity contribution >= 4 is 23.5 Å². The molecule has 5 nitrogen and oxygen atoms in total. The first-order valence-corrected chi connectivity index (χ1v) is 8.22. The van der Waals surface area contributed by atoms with Crippen molar-refractivity contribution in [1.82, 2.24) is 5.32 Å². The predicted molar refractivity (Wildman–Crippen MR) is 94.7 cm³/mol. The van der Waals surface area contributed by atoms with Gasteiger partial charge < -0.3 is 15.2 Å². The SMILES string of the molecule is CC(Oc1ccc(Cl)cc1-c1ccc(C(=O)NC2=CC2)c(F)c1)C(=O)O. The number of rotatable bonds is 6. The van der Waals surface area contributed by atoms with Gasteiger partial charge in [0.15, 0.2) is 6.10 Å². The highest BCUT2D eigenvalue weighted by atomic mass is 35.5. The molecule has 26 heavy (non-hydrogen) atoms. The van der Waals surface area contributed by atoms with Crippen LogP contribution in [0, 0.1) is 5.82 Å². The Hall–Kier alpha value is -2.86. The average molecular weight is 376 g/mol. The monoisotopic (exact) mass is 375 g/mol. The van der Waals surface area contributed by atoms with Crippen LogP contribution in [0.4, 0.5) is 4.39 Å². The molecule has 0 spiro atoms. The van der Waals surface area contributed by atoms with Gasteiger partial charge in [-0.05, 0) is 42.8 Å². The summed E-state index contributed by atoms with van der Waals surface area (Å²) < 4.78 is 19.9. The van der Waals surface area contributed by atoms with Crippen molar-refractivity contribution in [2.45, 2.75) is 19.4 Å². The molecule has 1 amide bonds. The molecule has 1 atom stereocenters. The first kappa shape index (κ1) is 17.9. The summed E-state index contributed by atoms with van der Waals surface area (Å²) in [6.07, 6.45) is 1.44. The minimum Gasteiger partial charge on any atom is -0.479 e. The van der Waals surface area contributed by atoms with E-state index in [2.05, 4.69) is 5.32 Å². The number of hydrogen-bond acceptors (Lipinski definition) is 3. The molecule has 0 radical (unpaired) electrons. The van der Waals surface area contributed by atoms with Gasteiger partial charge in [-0.2, -0.15) is 0 Å². The van der Waals surface area contributed by atoms with Crippen molar-refractivity contribution in [2.75, 3.05) is 0 Å². The Morgan fingerprint density at radius 1 is 1.27 bits per heavy atom. The molecule has 1 unspecified atom stereocenters. The van der Waals surface area contributed by atoms with Crippen LogP contribution in [0.5, 0.6) is 5.75 Å². The third-order valence-corrected chi connectivity index (χ3v) is 4.04. The molecule has 2 aromatic rings. The Morgan fingerprint density at radius 2 is 2.00 bits per heavy atom. The van der Waals surface area contributed by atoms with Gasteiger partial charge in [0.25, 0.3) is 5.91 Å². The summed E-state index contributed by atoms with van der Waals surface area (Å²) in [6, 6.07) is 8.75. The second-order valence-electron chi connectivity index (χ2n) is 5.82. The maximum Gasteiger partial charge on any atom is 0.344 e. The summed E-state index contributed by atoms with van der Waals surface area (Å²) >= 11 is 6.02. The van der Waals surface area contributed by atoms with Crippen molar-refractivity contribution in [3.05, 3.63) is 64.6 Å². The largest absolute Gasteiger partial charge is 0.479 e. The number of carboxylic acid groups (broad SMARTS) is 1. The van der Waals surface area contributed by atoms with Crippen LogP contribution in [0.15, 0.2) is 48.2 Å². The summed E-state index contributed by atoms with van der Waals surface area (Å²) in [4.78, 5) is 23.0. The van der Waals surface area contributed by atoms with E-state index in [0.29, 0.717) is 22.6 Å². The van der Waals surface area contributed by atoms with Gasteiger partial charge in [-0.3, -0.25) is 4.79 Å². The lowest BCUT2D eigenvalue weighted by Gasteiger charge is -2.15. The molecule has 3 rings (SSSR count). The number of halogens is 2. The van der Waals surface area contributed by atoms with E-state index in [1.54, 1.807) is 18.2 Å². The highest BCUT2D eigenvalue weighted by Gasteiger charge is 2.19. The molecule has 0 fully saturated rings. The van der Waals surface area contributed by atoms with Crippen LogP contribution in [0.2, 0.25) is 5.02 Å². The fraction of sp³-hybridized carbons (Fsp3) is 0.158. The van der Waals surface area contributed by atoms with Crippen molar-refractivity contribution in [3.8, 4) is 16.9 Å². The Labute approximate surface area is 154 Å². The summed E-state index contributed by atoms with van der Waals surface area (Å²) in [5.74, 6) is -2.08. The summed E-state index contributed by atoms with van der Waals surface area (Å²) in [5.41, 5.74) is 1.54. The Morgan fingerprint density at radius 3 is 2.62 bits per heavy atom. The highest BCUT2D eigenvalue weighted by Crippen LogP contribution is 2.34. The number of ether oxygens (including phenoxy) is 1. The molecule has 0 saturated heterocycles. The molecule has 134 valence electrons. The normalized spacial score (nSPS) is 13.6. The van der Waals surface area contributed by atoms with Gasteiger partial charge >= 0.3 is 5.97 Å². The predicted octanol–water partition coefficient (Wildman–Crippen LogP) is 4.02. The van der Waals surface area contributed by atoms with Gasteiger partial charge in [0.05, 0.1) is 5.56 Å². The zero-order valence-corrected chi connectivity index (χ0v) is 14.5. The average Bonchev–Trinajstić information content (AvgIpc) is 3.40. The van der Waals surface area contributed by atoms with E-state index in [1.165, 1.54) is 25.1 Å². The number of allylic oxidation sites excluding steroid dienone is 2. The molecular weight excluding hydrogens is 361 g/mol. The summed E-state index contributed by atoms with van der Waals surface area (Å²) in [7, 11) is 0. The van der Waals surface area contributed by atoms with E-state index >= 15 is 0 Å². The number of carbonyl (C=O) groups is 2. The minimum absolute atomic E-state index is 0.0787. The third-order valence-electron chi connectivity index (χ3n) is 3.80.